The maximum absolute atomic E-state index is 8.69. The van der Waals surface area contributed by atoms with Gasteiger partial charge in [0.1, 0.15) is 5.75 Å². The number of hydrogen-bond acceptors (Lipinski definition) is 3. The van der Waals surface area contributed by atoms with Crippen LogP contribution in [0.2, 0.25) is 0 Å². The number of hydrogen-bond donors (Lipinski definition) is 1. The summed E-state index contributed by atoms with van der Waals surface area (Å²) in [6.45, 7) is 2.60. The third-order valence-electron chi connectivity index (χ3n) is 3.63. The number of ether oxygens (including phenoxy) is 1. The van der Waals surface area contributed by atoms with Crippen LogP contribution in [0, 0.1) is 5.92 Å². The summed E-state index contributed by atoms with van der Waals surface area (Å²) in [4.78, 5) is 0. The SMILES string of the molecule is CC(=NO)c1ccc(OCC2CCCCC2)cc1. The first-order valence-corrected chi connectivity index (χ1v) is 6.71. The zero-order chi connectivity index (χ0) is 12.8. The van der Waals surface area contributed by atoms with Gasteiger partial charge in [-0.15, -0.1) is 0 Å². The lowest BCUT2D eigenvalue weighted by Gasteiger charge is -2.21. The molecular formula is C15H21NO2. The van der Waals surface area contributed by atoms with Gasteiger partial charge in [-0.2, -0.15) is 0 Å². The van der Waals surface area contributed by atoms with Crippen LogP contribution in [-0.2, 0) is 0 Å². The van der Waals surface area contributed by atoms with Gasteiger partial charge in [-0.25, -0.2) is 0 Å². The minimum atomic E-state index is 0.619. The molecule has 0 aromatic heterocycles. The Labute approximate surface area is 108 Å². The smallest absolute Gasteiger partial charge is 0.119 e. The van der Waals surface area contributed by atoms with Crippen LogP contribution in [0.25, 0.3) is 0 Å². The van der Waals surface area contributed by atoms with E-state index < -0.39 is 0 Å². The largest absolute Gasteiger partial charge is 0.493 e. The first-order valence-electron chi connectivity index (χ1n) is 6.71. The molecule has 1 aromatic carbocycles. The standard InChI is InChI=1S/C15H21NO2/c1-12(16-17)14-7-9-15(10-8-14)18-11-13-5-3-2-4-6-13/h7-10,13,17H,2-6,11H2,1H3. The third-order valence-corrected chi connectivity index (χ3v) is 3.63. The monoisotopic (exact) mass is 247 g/mol. The number of rotatable bonds is 4. The molecule has 1 N–H and O–H groups in total. The summed E-state index contributed by atoms with van der Waals surface area (Å²) in [7, 11) is 0. The van der Waals surface area contributed by atoms with Crippen LogP contribution in [0.4, 0.5) is 0 Å². The summed E-state index contributed by atoms with van der Waals surface area (Å²) in [6.07, 6.45) is 6.67. The van der Waals surface area contributed by atoms with E-state index in [1.165, 1.54) is 32.1 Å². The molecule has 0 aliphatic heterocycles. The Balaban J connectivity index is 1.86. The molecule has 0 spiro atoms. The molecule has 0 heterocycles. The van der Waals surface area contributed by atoms with Crippen LogP contribution >= 0.6 is 0 Å². The quantitative estimate of drug-likeness (QED) is 0.499. The predicted octanol–water partition coefficient (Wildman–Crippen LogP) is 3.84. The second-order valence-corrected chi connectivity index (χ2v) is 5.02. The second-order valence-electron chi connectivity index (χ2n) is 5.02. The topological polar surface area (TPSA) is 41.8 Å². The van der Waals surface area contributed by atoms with Gasteiger partial charge in [0.2, 0.25) is 0 Å². The van der Waals surface area contributed by atoms with Crippen LogP contribution in [0.5, 0.6) is 5.75 Å². The lowest BCUT2D eigenvalue weighted by atomic mass is 9.90. The highest BCUT2D eigenvalue weighted by Gasteiger charge is 2.13. The van der Waals surface area contributed by atoms with Gasteiger partial charge in [0, 0.05) is 0 Å². The molecule has 0 bridgehead atoms. The average molecular weight is 247 g/mol. The van der Waals surface area contributed by atoms with Gasteiger partial charge in [-0.3, -0.25) is 0 Å². The van der Waals surface area contributed by atoms with Crippen molar-refractivity contribution in [3.8, 4) is 5.75 Å². The van der Waals surface area contributed by atoms with Gasteiger partial charge in [0.05, 0.1) is 12.3 Å². The molecule has 0 radical (unpaired) electrons. The fraction of sp³-hybridized carbons (Fsp3) is 0.533. The Morgan fingerprint density at radius 3 is 2.50 bits per heavy atom. The summed E-state index contributed by atoms with van der Waals surface area (Å²) in [6, 6.07) is 7.72. The van der Waals surface area contributed by atoms with Crippen molar-refractivity contribution in [3.05, 3.63) is 29.8 Å². The Hall–Kier alpha value is -1.51. The van der Waals surface area contributed by atoms with E-state index in [1.54, 1.807) is 6.92 Å². The highest BCUT2D eigenvalue weighted by atomic mass is 16.5. The Morgan fingerprint density at radius 1 is 1.22 bits per heavy atom. The van der Waals surface area contributed by atoms with E-state index in [1.807, 2.05) is 24.3 Å². The summed E-state index contributed by atoms with van der Waals surface area (Å²) < 4.78 is 5.81. The van der Waals surface area contributed by atoms with Crippen LogP contribution in [0.15, 0.2) is 29.4 Å². The van der Waals surface area contributed by atoms with Crippen molar-refractivity contribution in [1.82, 2.24) is 0 Å². The Kier molecular flexibility index (Phi) is 4.62. The first kappa shape index (κ1) is 12.9. The number of benzene rings is 1. The molecule has 18 heavy (non-hydrogen) atoms. The first-order chi connectivity index (χ1) is 8.79. The molecule has 0 unspecified atom stereocenters. The summed E-state index contributed by atoms with van der Waals surface area (Å²) in [5, 5.41) is 11.9. The number of oxime groups is 1. The average Bonchev–Trinajstić information content (AvgIpc) is 2.46. The van der Waals surface area contributed by atoms with E-state index in [9.17, 15) is 0 Å². The zero-order valence-electron chi connectivity index (χ0n) is 10.9. The van der Waals surface area contributed by atoms with Crippen LogP contribution < -0.4 is 4.74 Å². The normalized spacial score (nSPS) is 17.7. The molecule has 0 amide bonds. The van der Waals surface area contributed by atoms with Crippen LogP contribution in [0.3, 0.4) is 0 Å². The maximum atomic E-state index is 8.69. The maximum Gasteiger partial charge on any atom is 0.119 e. The zero-order valence-corrected chi connectivity index (χ0v) is 10.9. The van der Waals surface area contributed by atoms with Gasteiger partial charge in [0.25, 0.3) is 0 Å². The number of nitrogens with zero attached hydrogens (tertiary/aromatic N) is 1. The lowest BCUT2D eigenvalue weighted by Crippen LogP contribution is -2.15. The van der Waals surface area contributed by atoms with Crippen LogP contribution in [-0.4, -0.2) is 17.5 Å². The van der Waals surface area contributed by atoms with Crippen molar-refractivity contribution in [2.24, 2.45) is 11.1 Å². The highest BCUT2D eigenvalue weighted by Crippen LogP contribution is 2.24. The minimum absolute atomic E-state index is 0.619. The van der Waals surface area contributed by atoms with Crippen molar-refractivity contribution in [3.63, 3.8) is 0 Å². The highest BCUT2D eigenvalue weighted by molar-refractivity contribution is 5.98. The van der Waals surface area contributed by atoms with Crippen molar-refractivity contribution in [2.45, 2.75) is 39.0 Å². The molecule has 0 atom stereocenters. The third kappa shape index (κ3) is 3.49. The lowest BCUT2D eigenvalue weighted by molar-refractivity contribution is 0.209. The van der Waals surface area contributed by atoms with E-state index in [0.29, 0.717) is 5.71 Å². The van der Waals surface area contributed by atoms with Crippen molar-refractivity contribution in [2.75, 3.05) is 6.61 Å². The molecule has 1 aliphatic carbocycles. The second kappa shape index (κ2) is 6.43. The molecule has 0 saturated heterocycles. The Bertz CT molecular complexity index is 391. The fourth-order valence-corrected chi connectivity index (χ4v) is 2.42. The van der Waals surface area contributed by atoms with Gasteiger partial charge < -0.3 is 9.94 Å². The molecular weight excluding hydrogens is 226 g/mol. The van der Waals surface area contributed by atoms with Crippen molar-refractivity contribution < 1.29 is 9.94 Å². The molecule has 1 saturated carbocycles. The van der Waals surface area contributed by atoms with Crippen molar-refractivity contribution in [1.29, 1.82) is 0 Å². The van der Waals surface area contributed by atoms with E-state index in [4.69, 9.17) is 9.94 Å². The molecule has 1 aliphatic rings. The summed E-state index contributed by atoms with van der Waals surface area (Å²) >= 11 is 0. The van der Waals surface area contributed by atoms with Gasteiger partial charge in [-0.1, -0.05) is 24.4 Å². The van der Waals surface area contributed by atoms with Gasteiger partial charge >= 0.3 is 0 Å². The summed E-state index contributed by atoms with van der Waals surface area (Å²) in [5.41, 5.74) is 1.54. The van der Waals surface area contributed by atoms with E-state index in [0.717, 1.165) is 23.8 Å². The molecule has 2 rings (SSSR count). The summed E-state index contributed by atoms with van der Waals surface area (Å²) in [5.74, 6) is 1.62. The molecule has 1 fully saturated rings. The molecule has 98 valence electrons. The molecule has 3 heteroatoms. The van der Waals surface area contributed by atoms with Gasteiger partial charge in [0.15, 0.2) is 0 Å². The van der Waals surface area contributed by atoms with E-state index in [-0.39, 0.29) is 0 Å². The van der Waals surface area contributed by atoms with E-state index in [2.05, 4.69) is 5.16 Å². The van der Waals surface area contributed by atoms with Crippen molar-refractivity contribution >= 4 is 5.71 Å². The molecule has 3 nitrogen and oxygen atoms in total. The Morgan fingerprint density at radius 2 is 1.89 bits per heavy atom. The predicted molar refractivity (Wildman–Crippen MR) is 72.5 cm³/mol. The fourth-order valence-electron chi connectivity index (χ4n) is 2.42. The van der Waals surface area contributed by atoms with Gasteiger partial charge in [-0.05, 0) is 55.5 Å². The minimum Gasteiger partial charge on any atom is -0.493 e. The van der Waals surface area contributed by atoms with E-state index >= 15 is 0 Å². The van der Waals surface area contributed by atoms with Crippen LogP contribution in [0.1, 0.15) is 44.6 Å². The molecule has 1 aromatic rings.